The second-order valence-electron chi connectivity index (χ2n) is 5.31. The molecule has 1 aromatic carbocycles. The Kier molecular flexibility index (Phi) is 3.51. The van der Waals surface area contributed by atoms with Gasteiger partial charge in [0.25, 0.3) is 5.82 Å². The van der Waals surface area contributed by atoms with Gasteiger partial charge in [-0.15, -0.1) is 0 Å². The number of H-pyrrole nitrogens is 1. The molecule has 0 radical (unpaired) electrons. The van der Waals surface area contributed by atoms with Crippen molar-refractivity contribution in [1.82, 2.24) is 4.98 Å². The van der Waals surface area contributed by atoms with Crippen molar-refractivity contribution in [2.24, 2.45) is 5.92 Å². The van der Waals surface area contributed by atoms with Crippen LogP contribution in [0.15, 0.2) is 24.3 Å². The Balaban J connectivity index is 2.52. The number of hydrogen-bond donors (Lipinski definition) is 1. The molecule has 2 heteroatoms. The Bertz CT molecular complexity index is 497. The first kappa shape index (κ1) is 12.2. The molecule has 2 aromatic rings. The third-order valence-corrected chi connectivity index (χ3v) is 3.49. The Hall–Kier alpha value is -1.31. The van der Waals surface area contributed by atoms with E-state index in [9.17, 15) is 0 Å². The number of benzene rings is 1. The third-order valence-electron chi connectivity index (χ3n) is 3.49. The molecule has 0 bridgehead atoms. The van der Waals surface area contributed by atoms with E-state index < -0.39 is 0 Å². The molecule has 17 heavy (non-hydrogen) atoms. The van der Waals surface area contributed by atoms with Crippen LogP contribution in [0.3, 0.4) is 0 Å². The van der Waals surface area contributed by atoms with Crippen LogP contribution in [0.2, 0.25) is 0 Å². The van der Waals surface area contributed by atoms with Gasteiger partial charge in [0.1, 0.15) is 0 Å². The van der Waals surface area contributed by atoms with E-state index in [-0.39, 0.29) is 0 Å². The highest BCUT2D eigenvalue weighted by Crippen LogP contribution is 2.16. The van der Waals surface area contributed by atoms with E-state index in [4.69, 9.17) is 0 Å². The first-order valence-corrected chi connectivity index (χ1v) is 6.64. The Morgan fingerprint density at radius 3 is 2.53 bits per heavy atom. The highest BCUT2D eigenvalue weighted by molar-refractivity contribution is 5.71. The van der Waals surface area contributed by atoms with Gasteiger partial charge in [-0.2, -0.15) is 0 Å². The molecule has 2 rings (SSSR count). The lowest BCUT2D eigenvalue weighted by molar-refractivity contribution is -0.686. The van der Waals surface area contributed by atoms with Gasteiger partial charge in [0, 0.05) is 0 Å². The quantitative estimate of drug-likeness (QED) is 0.775. The van der Waals surface area contributed by atoms with Gasteiger partial charge >= 0.3 is 0 Å². The maximum atomic E-state index is 3.56. The number of aromatic amines is 1. The highest BCUT2D eigenvalue weighted by Gasteiger charge is 2.21. The van der Waals surface area contributed by atoms with Crippen LogP contribution in [0.25, 0.3) is 11.0 Å². The largest absolute Gasteiger partial charge is 0.257 e. The minimum Gasteiger partial charge on any atom is -0.241 e. The van der Waals surface area contributed by atoms with Crippen molar-refractivity contribution in [2.75, 3.05) is 0 Å². The number of hydrogen-bond acceptors (Lipinski definition) is 0. The zero-order chi connectivity index (χ0) is 12.4. The maximum Gasteiger partial charge on any atom is 0.257 e. The molecule has 1 atom stereocenters. The first-order chi connectivity index (χ1) is 8.13. The van der Waals surface area contributed by atoms with Crippen molar-refractivity contribution in [3.05, 3.63) is 30.1 Å². The highest BCUT2D eigenvalue weighted by atomic mass is 15.1. The van der Waals surface area contributed by atoms with Crippen molar-refractivity contribution >= 4 is 11.0 Å². The van der Waals surface area contributed by atoms with Crippen LogP contribution in [0.5, 0.6) is 0 Å². The molecule has 1 unspecified atom stereocenters. The van der Waals surface area contributed by atoms with E-state index in [0.717, 1.165) is 12.5 Å². The molecule has 0 aliphatic heterocycles. The Labute approximate surface area is 104 Å². The lowest BCUT2D eigenvalue weighted by Gasteiger charge is -2.09. The van der Waals surface area contributed by atoms with Crippen LogP contribution in [0.1, 0.15) is 45.9 Å². The molecule has 92 valence electrons. The standard InChI is InChI=1S/C15H22N2/c1-5-12(4)10-17-14-9-7-6-8-13(14)16-15(17)11(2)3/h6-9,11-12H,5,10H2,1-4H3/p+1. The summed E-state index contributed by atoms with van der Waals surface area (Å²) in [5.74, 6) is 2.59. The first-order valence-electron chi connectivity index (χ1n) is 6.64. The van der Waals surface area contributed by atoms with Gasteiger partial charge in [0.05, 0.1) is 12.5 Å². The van der Waals surface area contributed by atoms with Gasteiger partial charge in [-0.05, 0) is 24.5 Å². The summed E-state index contributed by atoms with van der Waals surface area (Å²) in [6, 6.07) is 8.58. The smallest absolute Gasteiger partial charge is 0.241 e. The van der Waals surface area contributed by atoms with Crippen LogP contribution < -0.4 is 4.57 Å². The van der Waals surface area contributed by atoms with Crippen LogP contribution in [0, 0.1) is 5.92 Å². The third kappa shape index (κ3) is 2.36. The summed E-state index contributed by atoms with van der Waals surface area (Å²) in [4.78, 5) is 3.56. The fourth-order valence-corrected chi connectivity index (χ4v) is 2.24. The van der Waals surface area contributed by atoms with Gasteiger partial charge < -0.3 is 0 Å². The SMILES string of the molecule is CCC(C)C[n+]1c(C(C)C)[nH]c2ccccc21. The molecule has 0 saturated heterocycles. The summed E-state index contributed by atoms with van der Waals surface area (Å²) >= 11 is 0. The van der Waals surface area contributed by atoms with E-state index in [0.29, 0.717) is 5.92 Å². The molecule has 0 spiro atoms. The zero-order valence-corrected chi connectivity index (χ0v) is 11.3. The molecule has 1 aromatic heterocycles. The van der Waals surface area contributed by atoms with Crippen molar-refractivity contribution in [1.29, 1.82) is 0 Å². The minimum atomic E-state index is 0.534. The van der Waals surface area contributed by atoms with E-state index in [1.807, 2.05) is 0 Å². The molecule has 1 N–H and O–H groups in total. The summed E-state index contributed by atoms with van der Waals surface area (Å²) in [7, 11) is 0. The summed E-state index contributed by atoms with van der Waals surface area (Å²) in [6.07, 6.45) is 1.23. The molecule has 0 aliphatic carbocycles. The summed E-state index contributed by atoms with van der Waals surface area (Å²) in [5.41, 5.74) is 2.58. The number of nitrogens with zero attached hydrogens (tertiary/aromatic N) is 1. The summed E-state index contributed by atoms with van der Waals surface area (Å²) < 4.78 is 2.45. The Morgan fingerprint density at radius 2 is 1.88 bits per heavy atom. The van der Waals surface area contributed by atoms with Crippen molar-refractivity contribution in [3.63, 3.8) is 0 Å². The number of para-hydroxylation sites is 2. The van der Waals surface area contributed by atoms with Crippen LogP contribution >= 0.6 is 0 Å². The molecule has 0 aliphatic rings. The fourth-order valence-electron chi connectivity index (χ4n) is 2.24. The number of nitrogens with one attached hydrogen (secondary N) is 1. The average molecular weight is 231 g/mol. The lowest BCUT2D eigenvalue weighted by atomic mass is 10.1. The van der Waals surface area contributed by atoms with Crippen molar-refractivity contribution < 1.29 is 4.57 Å². The average Bonchev–Trinajstić information content (AvgIpc) is 2.68. The van der Waals surface area contributed by atoms with Gasteiger partial charge in [-0.1, -0.05) is 39.8 Å². The van der Waals surface area contributed by atoms with Crippen LogP contribution in [-0.4, -0.2) is 4.98 Å². The second kappa shape index (κ2) is 4.91. The minimum absolute atomic E-state index is 0.534. The molecular weight excluding hydrogens is 208 g/mol. The molecular formula is C15H23N2+. The van der Waals surface area contributed by atoms with Gasteiger partial charge in [0.15, 0.2) is 11.0 Å². The monoisotopic (exact) mass is 231 g/mol. The summed E-state index contributed by atoms with van der Waals surface area (Å²) in [6.45, 7) is 10.2. The predicted molar refractivity (Wildman–Crippen MR) is 72.0 cm³/mol. The molecule has 0 amide bonds. The topological polar surface area (TPSA) is 19.7 Å². The molecule has 0 saturated carbocycles. The Morgan fingerprint density at radius 1 is 1.18 bits per heavy atom. The molecule has 2 nitrogen and oxygen atoms in total. The van der Waals surface area contributed by atoms with Crippen molar-refractivity contribution in [3.8, 4) is 0 Å². The van der Waals surface area contributed by atoms with E-state index in [1.165, 1.54) is 23.3 Å². The maximum absolute atomic E-state index is 3.56. The number of imidazole rings is 1. The van der Waals surface area contributed by atoms with E-state index >= 15 is 0 Å². The van der Waals surface area contributed by atoms with Crippen molar-refractivity contribution in [2.45, 2.75) is 46.6 Å². The van der Waals surface area contributed by atoms with Gasteiger partial charge in [-0.25, -0.2) is 9.55 Å². The molecule has 0 fully saturated rings. The van der Waals surface area contributed by atoms with Crippen LogP contribution in [-0.2, 0) is 6.54 Å². The summed E-state index contributed by atoms with van der Waals surface area (Å²) in [5, 5.41) is 0. The van der Waals surface area contributed by atoms with Crippen LogP contribution in [0.4, 0.5) is 0 Å². The predicted octanol–water partition coefficient (Wildman–Crippen LogP) is 3.62. The lowest BCUT2D eigenvalue weighted by Crippen LogP contribution is -2.40. The normalized spacial score (nSPS) is 13.5. The zero-order valence-electron chi connectivity index (χ0n) is 11.3. The van der Waals surface area contributed by atoms with E-state index in [1.54, 1.807) is 0 Å². The number of aromatic nitrogens is 2. The van der Waals surface area contributed by atoms with Gasteiger partial charge in [0.2, 0.25) is 0 Å². The molecule has 1 heterocycles. The van der Waals surface area contributed by atoms with Gasteiger partial charge in [-0.3, -0.25) is 0 Å². The second-order valence-corrected chi connectivity index (χ2v) is 5.31. The number of fused-ring (bicyclic) bond motifs is 1. The fraction of sp³-hybridized carbons (Fsp3) is 0.533. The number of rotatable bonds is 4. The van der Waals surface area contributed by atoms with E-state index in [2.05, 4.69) is 61.5 Å².